The molecule has 1 aromatic carbocycles. The topological polar surface area (TPSA) is 35.5 Å². The molecule has 0 unspecified atom stereocenters. The standard InChI is InChI=1S/C14H20N2O/c1-16-7-4-11-8-12(2-3-13(11)16)15-9-14(10-17)5-6-14/h2-3,8,15,17H,4-7,9-10H2,1H3. The smallest absolute Gasteiger partial charge is 0.0504 e. The number of fused-ring (bicyclic) bond motifs is 1. The van der Waals surface area contributed by atoms with Crippen molar-refractivity contribution in [2.24, 2.45) is 5.41 Å². The fraction of sp³-hybridized carbons (Fsp3) is 0.571. The summed E-state index contributed by atoms with van der Waals surface area (Å²) in [6.07, 6.45) is 3.46. The van der Waals surface area contributed by atoms with Gasteiger partial charge in [0.1, 0.15) is 0 Å². The van der Waals surface area contributed by atoms with Gasteiger partial charge in [0, 0.05) is 36.9 Å². The minimum atomic E-state index is 0.176. The Morgan fingerprint density at radius 2 is 2.24 bits per heavy atom. The lowest BCUT2D eigenvalue weighted by Gasteiger charge is -2.16. The van der Waals surface area contributed by atoms with Gasteiger partial charge in [-0.15, -0.1) is 0 Å². The molecule has 1 aliphatic heterocycles. The number of anilines is 2. The van der Waals surface area contributed by atoms with E-state index in [2.05, 4.69) is 35.5 Å². The maximum Gasteiger partial charge on any atom is 0.0504 e. The largest absolute Gasteiger partial charge is 0.396 e. The second-order valence-electron chi connectivity index (χ2n) is 5.53. The molecule has 2 aliphatic rings. The number of rotatable bonds is 4. The fourth-order valence-corrected chi connectivity index (χ4v) is 2.53. The van der Waals surface area contributed by atoms with E-state index in [0.29, 0.717) is 6.61 Å². The number of hydrogen-bond acceptors (Lipinski definition) is 3. The van der Waals surface area contributed by atoms with Crippen LogP contribution < -0.4 is 10.2 Å². The SMILES string of the molecule is CN1CCc2cc(NCC3(CO)CC3)ccc21. The lowest BCUT2D eigenvalue weighted by molar-refractivity contribution is 0.220. The van der Waals surface area contributed by atoms with Gasteiger partial charge in [-0.3, -0.25) is 0 Å². The van der Waals surface area contributed by atoms with Crippen molar-refractivity contribution in [2.75, 3.05) is 37.0 Å². The number of hydrogen-bond donors (Lipinski definition) is 2. The number of nitrogens with one attached hydrogen (secondary N) is 1. The molecule has 1 aliphatic carbocycles. The van der Waals surface area contributed by atoms with Gasteiger partial charge in [-0.1, -0.05) is 0 Å². The second-order valence-corrected chi connectivity index (χ2v) is 5.53. The summed E-state index contributed by atoms with van der Waals surface area (Å²) in [5.41, 5.74) is 4.17. The molecule has 0 aromatic heterocycles. The van der Waals surface area contributed by atoms with E-state index in [1.807, 2.05) is 0 Å². The van der Waals surface area contributed by atoms with Gasteiger partial charge in [-0.2, -0.15) is 0 Å². The number of nitrogens with zero attached hydrogens (tertiary/aromatic N) is 1. The monoisotopic (exact) mass is 232 g/mol. The molecule has 0 atom stereocenters. The Morgan fingerprint density at radius 1 is 1.41 bits per heavy atom. The lowest BCUT2D eigenvalue weighted by atomic mass is 10.1. The van der Waals surface area contributed by atoms with E-state index in [4.69, 9.17) is 0 Å². The van der Waals surface area contributed by atoms with Crippen LogP contribution in [0.25, 0.3) is 0 Å². The molecule has 3 nitrogen and oxygen atoms in total. The quantitative estimate of drug-likeness (QED) is 0.832. The van der Waals surface area contributed by atoms with E-state index < -0.39 is 0 Å². The van der Waals surface area contributed by atoms with Crippen molar-refractivity contribution in [3.05, 3.63) is 23.8 Å². The summed E-state index contributed by atoms with van der Waals surface area (Å²) in [6.45, 7) is 2.34. The molecule has 3 rings (SSSR count). The van der Waals surface area contributed by atoms with Gasteiger partial charge in [-0.25, -0.2) is 0 Å². The van der Waals surface area contributed by atoms with E-state index in [1.54, 1.807) is 0 Å². The van der Waals surface area contributed by atoms with Crippen molar-refractivity contribution < 1.29 is 5.11 Å². The third kappa shape index (κ3) is 2.00. The van der Waals surface area contributed by atoms with Crippen LogP contribution in [0.4, 0.5) is 11.4 Å². The van der Waals surface area contributed by atoms with Gasteiger partial charge in [0.15, 0.2) is 0 Å². The molecule has 92 valence electrons. The van der Waals surface area contributed by atoms with Crippen LogP contribution in [0.5, 0.6) is 0 Å². The van der Waals surface area contributed by atoms with E-state index >= 15 is 0 Å². The average molecular weight is 232 g/mol. The third-order valence-corrected chi connectivity index (χ3v) is 4.17. The van der Waals surface area contributed by atoms with Gasteiger partial charge in [0.05, 0.1) is 6.61 Å². The molecule has 1 saturated carbocycles. The number of benzene rings is 1. The minimum absolute atomic E-state index is 0.176. The first-order chi connectivity index (χ1) is 8.22. The summed E-state index contributed by atoms with van der Waals surface area (Å²) in [5, 5.41) is 12.7. The Morgan fingerprint density at radius 3 is 2.94 bits per heavy atom. The molecule has 1 aromatic rings. The van der Waals surface area contributed by atoms with Crippen LogP contribution in [0.1, 0.15) is 18.4 Å². The van der Waals surface area contributed by atoms with Gasteiger partial charge in [0.2, 0.25) is 0 Å². The molecule has 3 heteroatoms. The van der Waals surface area contributed by atoms with Crippen molar-refractivity contribution in [1.29, 1.82) is 0 Å². The summed E-state index contributed by atoms with van der Waals surface area (Å²) >= 11 is 0. The van der Waals surface area contributed by atoms with Gasteiger partial charge in [-0.05, 0) is 43.0 Å². The van der Waals surface area contributed by atoms with Crippen molar-refractivity contribution in [2.45, 2.75) is 19.3 Å². The minimum Gasteiger partial charge on any atom is -0.396 e. The number of aliphatic hydroxyl groups is 1. The summed E-state index contributed by atoms with van der Waals surface area (Å²) in [7, 11) is 2.14. The predicted molar refractivity (Wildman–Crippen MR) is 70.7 cm³/mol. The zero-order valence-corrected chi connectivity index (χ0v) is 10.4. The molecule has 0 spiro atoms. The molecule has 0 amide bonds. The zero-order valence-electron chi connectivity index (χ0n) is 10.4. The van der Waals surface area contributed by atoms with Crippen LogP contribution in [0.3, 0.4) is 0 Å². The highest BCUT2D eigenvalue weighted by Gasteiger charge is 2.41. The summed E-state index contributed by atoms with van der Waals surface area (Å²) in [5.74, 6) is 0. The van der Waals surface area contributed by atoms with Crippen molar-refractivity contribution in [3.8, 4) is 0 Å². The number of likely N-dealkylation sites (N-methyl/N-ethyl adjacent to an activating group) is 1. The average Bonchev–Trinajstić information content (AvgIpc) is 3.06. The first-order valence-electron chi connectivity index (χ1n) is 6.41. The summed E-state index contributed by atoms with van der Waals surface area (Å²) in [6, 6.07) is 6.60. The Labute approximate surface area is 102 Å². The van der Waals surface area contributed by atoms with Crippen molar-refractivity contribution in [1.82, 2.24) is 0 Å². The molecular weight excluding hydrogens is 212 g/mol. The van der Waals surface area contributed by atoms with Crippen LogP contribution in [0.2, 0.25) is 0 Å². The Kier molecular flexibility index (Phi) is 2.51. The Bertz CT molecular complexity index is 426. The molecule has 2 N–H and O–H groups in total. The van der Waals surface area contributed by atoms with Gasteiger partial charge in [0.25, 0.3) is 0 Å². The fourth-order valence-electron chi connectivity index (χ4n) is 2.53. The highest BCUT2D eigenvalue weighted by atomic mass is 16.3. The maximum absolute atomic E-state index is 9.28. The van der Waals surface area contributed by atoms with Crippen LogP contribution in [-0.2, 0) is 6.42 Å². The molecule has 17 heavy (non-hydrogen) atoms. The third-order valence-electron chi connectivity index (χ3n) is 4.17. The molecule has 1 fully saturated rings. The first kappa shape index (κ1) is 10.9. The molecule has 1 heterocycles. The highest BCUT2D eigenvalue weighted by Crippen LogP contribution is 2.45. The molecule has 0 saturated heterocycles. The number of aliphatic hydroxyl groups excluding tert-OH is 1. The highest BCUT2D eigenvalue weighted by molar-refractivity contribution is 5.63. The van der Waals surface area contributed by atoms with Crippen molar-refractivity contribution >= 4 is 11.4 Å². The van der Waals surface area contributed by atoms with Crippen LogP contribution in [0.15, 0.2) is 18.2 Å². The molecular formula is C14H20N2O. The predicted octanol–water partition coefficient (Wildman–Crippen LogP) is 1.86. The van der Waals surface area contributed by atoms with E-state index in [-0.39, 0.29) is 5.41 Å². The summed E-state index contributed by atoms with van der Waals surface area (Å²) in [4.78, 5) is 2.30. The normalized spacial score (nSPS) is 20.2. The van der Waals surface area contributed by atoms with E-state index in [9.17, 15) is 5.11 Å². The van der Waals surface area contributed by atoms with E-state index in [0.717, 1.165) is 32.4 Å². The Balaban J connectivity index is 1.68. The molecule has 0 bridgehead atoms. The van der Waals surface area contributed by atoms with E-state index in [1.165, 1.54) is 16.9 Å². The second kappa shape index (κ2) is 3.91. The maximum atomic E-state index is 9.28. The van der Waals surface area contributed by atoms with Gasteiger partial charge >= 0.3 is 0 Å². The first-order valence-corrected chi connectivity index (χ1v) is 6.41. The van der Waals surface area contributed by atoms with Crippen LogP contribution in [0, 0.1) is 5.41 Å². The van der Waals surface area contributed by atoms with Gasteiger partial charge < -0.3 is 15.3 Å². The summed E-state index contributed by atoms with van der Waals surface area (Å²) < 4.78 is 0. The lowest BCUT2D eigenvalue weighted by Crippen LogP contribution is -2.19. The van der Waals surface area contributed by atoms with Crippen molar-refractivity contribution in [3.63, 3.8) is 0 Å². The molecule has 0 radical (unpaired) electrons. The zero-order chi connectivity index (χ0) is 11.9. The van der Waals surface area contributed by atoms with Crippen LogP contribution >= 0.6 is 0 Å². The Hall–Kier alpha value is -1.22. The van der Waals surface area contributed by atoms with Crippen LogP contribution in [-0.4, -0.2) is 31.9 Å².